The van der Waals surface area contributed by atoms with Gasteiger partial charge >= 0.3 is 0 Å². The second-order valence-electron chi connectivity index (χ2n) is 10.3. The number of hydrogen-bond acceptors (Lipinski definition) is 2. The molecule has 0 atom stereocenters. The lowest BCUT2D eigenvalue weighted by molar-refractivity contribution is 1.02. The Morgan fingerprint density at radius 2 is 1.79 bits per heavy atom. The van der Waals surface area contributed by atoms with E-state index in [0.717, 1.165) is 24.8 Å². The van der Waals surface area contributed by atoms with Crippen molar-refractivity contribution in [2.45, 2.75) is 26.1 Å². The zero-order valence-electron chi connectivity index (χ0n) is 22.7. The summed E-state index contributed by atoms with van der Waals surface area (Å²) in [5.74, 6) is 0. The molecule has 0 amide bonds. The first kappa shape index (κ1) is 24.9. The zero-order valence-corrected chi connectivity index (χ0v) is 22.7. The van der Waals surface area contributed by atoms with Crippen LogP contribution < -0.4 is 10.8 Å². The molecule has 2 aliphatic rings. The predicted molar refractivity (Wildman–Crippen MR) is 172 cm³/mol. The van der Waals surface area contributed by atoms with Crippen LogP contribution in [0.2, 0.25) is 6.32 Å². The second-order valence-corrected chi connectivity index (χ2v) is 10.3. The first-order valence-corrected chi connectivity index (χ1v) is 13.9. The Balaban J connectivity index is 1.50. The quantitative estimate of drug-likeness (QED) is 0.198. The molecule has 1 aliphatic heterocycles. The van der Waals surface area contributed by atoms with Crippen molar-refractivity contribution in [3.8, 4) is 11.1 Å². The lowest BCUT2D eigenvalue weighted by Gasteiger charge is -2.20. The Bertz CT molecular complexity index is 1690. The van der Waals surface area contributed by atoms with E-state index < -0.39 is 0 Å². The summed E-state index contributed by atoms with van der Waals surface area (Å²) < 4.78 is 0. The normalized spacial score (nSPS) is 14.8. The molecule has 1 heterocycles. The Morgan fingerprint density at radius 1 is 0.949 bits per heavy atom. The van der Waals surface area contributed by atoms with E-state index in [-0.39, 0.29) is 0 Å². The third-order valence-corrected chi connectivity index (χ3v) is 7.99. The monoisotopic (exact) mass is 504 g/mol. The largest absolute Gasteiger partial charge is 0.361 e. The maximum absolute atomic E-state index is 4.15. The molecule has 0 aromatic heterocycles. The first-order valence-electron chi connectivity index (χ1n) is 13.9. The fraction of sp³-hybridized carbons (Fsp3) is 0.139. The van der Waals surface area contributed by atoms with E-state index in [0.29, 0.717) is 6.71 Å². The number of nitrogens with zero attached hydrogens (tertiary/aromatic N) is 1. The fourth-order valence-corrected chi connectivity index (χ4v) is 6.09. The van der Waals surface area contributed by atoms with E-state index in [4.69, 9.17) is 0 Å². The first-order chi connectivity index (χ1) is 19.2. The van der Waals surface area contributed by atoms with E-state index in [1.54, 1.807) is 5.47 Å². The summed E-state index contributed by atoms with van der Waals surface area (Å²) in [5, 5.41) is 6.22. The molecule has 0 saturated carbocycles. The van der Waals surface area contributed by atoms with E-state index in [1.165, 1.54) is 49.6 Å². The molecular weight excluding hydrogens is 471 g/mol. The predicted octanol–water partition coefficient (Wildman–Crippen LogP) is 8.51. The molecule has 0 bridgehead atoms. The third-order valence-electron chi connectivity index (χ3n) is 7.99. The number of anilines is 1. The Hall–Kier alpha value is -4.37. The van der Waals surface area contributed by atoms with Crippen LogP contribution in [0, 0.1) is 6.92 Å². The number of allylic oxidation sites excluding steroid dienone is 6. The highest BCUT2D eigenvalue weighted by atomic mass is 14.8. The molecule has 6 rings (SSSR count). The molecule has 0 unspecified atom stereocenters. The van der Waals surface area contributed by atoms with Gasteiger partial charge in [0.25, 0.3) is 0 Å². The zero-order chi connectivity index (χ0) is 26.6. The number of benzene rings is 4. The Labute approximate surface area is 232 Å². The summed E-state index contributed by atoms with van der Waals surface area (Å²) in [6.07, 6.45) is 18.4. The molecule has 0 fully saturated rings. The maximum atomic E-state index is 4.15. The molecule has 0 spiro atoms. The van der Waals surface area contributed by atoms with E-state index in [9.17, 15) is 0 Å². The van der Waals surface area contributed by atoms with Gasteiger partial charge in [-0.2, -0.15) is 0 Å². The van der Waals surface area contributed by atoms with Crippen molar-refractivity contribution in [1.29, 1.82) is 0 Å². The van der Waals surface area contributed by atoms with Gasteiger partial charge in [0, 0.05) is 30.7 Å². The van der Waals surface area contributed by atoms with Crippen LogP contribution in [0.4, 0.5) is 5.69 Å². The second kappa shape index (κ2) is 11.2. The molecule has 3 heteroatoms. The van der Waals surface area contributed by atoms with Crippen molar-refractivity contribution >= 4 is 46.5 Å². The van der Waals surface area contributed by atoms with Crippen molar-refractivity contribution in [3.63, 3.8) is 0 Å². The van der Waals surface area contributed by atoms with E-state index in [1.807, 2.05) is 13.3 Å². The van der Waals surface area contributed by atoms with Crippen LogP contribution in [0.15, 0.2) is 120 Å². The van der Waals surface area contributed by atoms with Gasteiger partial charge in [-0.15, -0.1) is 0 Å². The van der Waals surface area contributed by atoms with E-state index in [2.05, 4.69) is 133 Å². The van der Waals surface area contributed by atoms with Crippen LogP contribution in [0.25, 0.3) is 33.5 Å². The summed E-state index contributed by atoms with van der Waals surface area (Å²) in [4.78, 5) is 4.15. The number of hydrogen-bond donors (Lipinski definition) is 1. The van der Waals surface area contributed by atoms with Crippen LogP contribution >= 0.6 is 0 Å². The topological polar surface area (TPSA) is 24.4 Å². The number of aliphatic imine (C=N–C) groups is 1. The van der Waals surface area contributed by atoms with Crippen molar-refractivity contribution in [3.05, 3.63) is 132 Å². The molecule has 1 aliphatic carbocycles. The molecule has 190 valence electrons. The number of nitrogens with one attached hydrogen (secondary N) is 1. The van der Waals surface area contributed by atoms with E-state index >= 15 is 0 Å². The standard InChI is InChI=1S/C36H33BN2/c1-26-11-3-4-12-27(26)21-24-39-34-20-19-32-31-15-7-8-16-33(31)37(22-9-10-23-38-2)36(32)35(34)30-18-17-28-13-5-6-14-29(28)25-30/h3-7,9-15,17-21,23-25,39H,8,16,22H2,1-2H3/b10-9-,24-21-,38-23?. The van der Waals surface area contributed by atoms with Crippen LogP contribution in [0.5, 0.6) is 0 Å². The van der Waals surface area contributed by atoms with Crippen LogP contribution in [-0.4, -0.2) is 20.0 Å². The van der Waals surface area contributed by atoms with Crippen molar-refractivity contribution in [2.75, 3.05) is 12.4 Å². The molecule has 4 aromatic carbocycles. The molecule has 0 radical (unpaired) electrons. The van der Waals surface area contributed by atoms with Crippen LogP contribution in [0.1, 0.15) is 29.5 Å². The van der Waals surface area contributed by atoms with Gasteiger partial charge in [0.1, 0.15) is 0 Å². The molecule has 39 heavy (non-hydrogen) atoms. The highest BCUT2D eigenvalue weighted by Crippen LogP contribution is 2.41. The number of aryl methyl sites for hydroxylation is 1. The van der Waals surface area contributed by atoms with Gasteiger partial charge in [-0.25, -0.2) is 0 Å². The minimum Gasteiger partial charge on any atom is -0.361 e. The van der Waals surface area contributed by atoms with Gasteiger partial charge in [-0.05, 0) is 89.0 Å². The summed E-state index contributed by atoms with van der Waals surface area (Å²) in [5.41, 5.74) is 12.0. The van der Waals surface area contributed by atoms with Gasteiger partial charge in [0.2, 0.25) is 6.71 Å². The Morgan fingerprint density at radius 3 is 2.67 bits per heavy atom. The van der Waals surface area contributed by atoms with Gasteiger partial charge in [-0.3, -0.25) is 4.99 Å². The van der Waals surface area contributed by atoms with Gasteiger partial charge in [-0.1, -0.05) is 95.9 Å². The maximum Gasteiger partial charge on any atom is 0.210 e. The summed E-state index contributed by atoms with van der Waals surface area (Å²) in [7, 11) is 1.82. The molecule has 2 nitrogen and oxygen atoms in total. The highest BCUT2D eigenvalue weighted by Gasteiger charge is 2.36. The molecule has 4 aromatic rings. The fourth-order valence-electron chi connectivity index (χ4n) is 6.09. The van der Waals surface area contributed by atoms with Gasteiger partial charge in [0.15, 0.2) is 0 Å². The third kappa shape index (κ3) is 4.93. The SMILES string of the molecule is CN=C/C=C\CB1C2=C(C=CCC2)c2ccc(N/C=C\c3ccccc3C)c(-c3ccc4ccccc4c3)c21. The Kier molecular flexibility index (Phi) is 7.14. The van der Waals surface area contributed by atoms with Crippen LogP contribution in [-0.2, 0) is 0 Å². The average Bonchev–Trinajstić information content (AvgIpc) is 3.29. The number of rotatable bonds is 7. The van der Waals surface area contributed by atoms with Crippen LogP contribution in [0.3, 0.4) is 0 Å². The molecule has 0 saturated heterocycles. The summed E-state index contributed by atoms with van der Waals surface area (Å²) >= 11 is 0. The minimum absolute atomic E-state index is 0.352. The van der Waals surface area contributed by atoms with Gasteiger partial charge < -0.3 is 5.32 Å². The highest BCUT2D eigenvalue weighted by molar-refractivity contribution is 6.85. The molecule has 1 N–H and O–H groups in total. The van der Waals surface area contributed by atoms with Crippen molar-refractivity contribution in [1.82, 2.24) is 0 Å². The lowest BCUT2D eigenvalue weighted by atomic mass is 9.38. The smallest absolute Gasteiger partial charge is 0.210 e. The van der Waals surface area contributed by atoms with Crippen molar-refractivity contribution < 1.29 is 0 Å². The van der Waals surface area contributed by atoms with Crippen molar-refractivity contribution in [2.24, 2.45) is 4.99 Å². The lowest BCUT2D eigenvalue weighted by Crippen LogP contribution is -2.32. The minimum atomic E-state index is 0.352. The number of fused-ring (bicyclic) bond motifs is 3. The average molecular weight is 504 g/mol. The summed E-state index contributed by atoms with van der Waals surface area (Å²) in [6, 6.07) is 28.6. The molecular formula is C36H33BN2. The van der Waals surface area contributed by atoms with Gasteiger partial charge in [0.05, 0.1) is 0 Å². The summed E-state index contributed by atoms with van der Waals surface area (Å²) in [6.45, 7) is 2.51.